The Morgan fingerprint density at radius 3 is 2.44 bits per heavy atom. The van der Waals surface area contributed by atoms with Crippen LogP contribution in [0.5, 0.6) is 11.5 Å². The van der Waals surface area contributed by atoms with E-state index in [1.54, 1.807) is 24.3 Å². The maximum atomic E-state index is 12.4. The second-order valence-electron chi connectivity index (χ2n) is 5.48. The molecule has 2 rings (SSSR count). The van der Waals surface area contributed by atoms with Crippen LogP contribution in [0.4, 0.5) is 0 Å². The molecule has 25 heavy (non-hydrogen) atoms. The van der Waals surface area contributed by atoms with Crippen LogP contribution in [0.15, 0.2) is 48.5 Å². The normalized spacial score (nSPS) is 11.4. The van der Waals surface area contributed by atoms with Gasteiger partial charge in [-0.15, -0.1) is 0 Å². The summed E-state index contributed by atoms with van der Waals surface area (Å²) in [5.41, 5.74) is 6.48. The molecule has 1 atom stereocenters. The SMILES string of the molecule is CCOc1cccc(C(C)NC(=O)c2ccc(OCC(N)=O)cc2)c1. The Hall–Kier alpha value is -3.02. The number of hydrogen-bond donors (Lipinski definition) is 2. The largest absolute Gasteiger partial charge is 0.494 e. The van der Waals surface area contributed by atoms with Crippen molar-refractivity contribution in [2.24, 2.45) is 5.73 Å². The first-order valence-electron chi connectivity index (χ1n) is 8.04. The van der Waals surface area contributed by atoms with E-state index >= 15 is 0 Å². The minimum Gasteiger partial charge on any atom is -0.494 e. The third-order valence-corrected chi connectivity index (χ3v) is 3.51. The van der Waals surface area contributed by atoms with E-state index in [-0.39, 0.29) is 18.6 Å². The van der Waals surface area contributed by atoms with E-state index in [1.807, 2.05) is 38.1 Å². The summed E-state index contributed by atoms with van der Waals surface area (Å²) in [5.74, 6) is 0.505. The molecule has 0 bridgehead atoms. The molecular formula is C19H22N2O4. The molecule has 0 spiro atoms. The molecule has 6 heteroatoms. The predicted octanol–water partition coefficient (Wildman–Crippen LogP) is 2.44. The third kappa shape index (κ3) is 5.53. The fraction of sp³-hybridized carbons (Fsp3) is 0.263. The van der Waals surface area contributed by atoms with E-state index in [1.165, 1.54) is 0 Å². The first-order valence-corrected chi connectivity index (χ1v) is 8.04. The number of carbonyl (C=O) groups excluding carboxylic acids is 2. The minimum absolute atomic E-state index is 0.168. The summed E-state index contributed by atoms with van der Waals surface area (Å²) in [7, 11) is 0. The minimum atomic E-state index is -0.551. The third-order valence-electron chi connectivity index (χ3n) is 3.51. The Balaban J connectivity index is 1.98. The zero-order valence-electron chi connectivity index (χ0n) is 14.3. The molecule has 0 saturated carbocycles. The maximum absolute atomic E-state index is 12.4. The van der Waals surface area contributed by atoms with Crippen LogP contribution < -0.4 is 20.5 Å². The smallest absolute Gasteiger partial charge is 0.255 e. The lowest BCUT2D eigenvalue weighted by molar-refractivity contribution is -0.119. The summed E-state index contributed by atoms with van der Waals surface area (Å²) in [6.07, 6.45) is 0. The second-order valence-corrected chi connectivity index (χ2v) is 5.48. The highest BCUT2D eigenvalue weighted by Crippen LogP contribution is 2.20. The van der Waals surface area contributed by atoms with E-state index < -0.39 is 5.91 Å². The maximum Gasteiger partial charge on any atom is 0.255 e. The van der Waals surface area contributed by atoms with Gasteiger partial charge in [0.2, 0.25) is 0 Å². The lowest BCUT2D eigenvalue weighted by Crippen LogP contribution is -2.26. The summed E-state index contributed by atoms with van der Waals surface area (Å²) in [5, 5.41) is 2.94. The average Bonchev–Trinajstić information content (AvgIpc) is 2.61. The predicted molar refractivity (Wildman–Crippen MR) is 94.6 cm³/mol. The Bertz CT molecular complexity index is 728. The van der Waals surface area contributed by atoms with Gasteiger partial charge in [0.25, 0.3) is 11.8 Å². The molecule has 0 saturated heterocycles. The summed E-state index contributed by atoms with van der Waals surface area (Å²) >= 11 is 0. The Morgan fingerprint density at radius 2 is 1.80 bits per heavy atom. The van der Waals surface area contributed by atoms with Crippen molar-refractivity contribution in [2.45, 2.75) is 19.9 Å². The Morgan fingerprint density at radius 1 is 1.08 bits per heavy atom. The zero-order valence-corrected chi connectivity index (χ0v) is 14.3. The summed E-state index contributed by atoms with van der Waals surface area (Å²) in [6, 6.07) is 14.0. The average molecular weight is 342 g/mol. The van der Waals surface area contributed by atoms with Gasteiger partial charge in [0.1, 0.15) is 11.5 Å². The highest BCUT2D eigenvalue weighted by Gasteiger charge is 2.12. The lowest BCUT2D eigenvalue weighted by Gasteiger charge is -2.15. The van der Waals surface area contributed by atoms with Crippen molar-refractivity contribution in [1.82, 2.24) is 5.32 Å². The second kappa shape index (κ2) is 8.73. The molecule has 0 fully saturated rings. The van der Waals surface area contributed by atoms with Gasteiger partial charge in [-0.25, -0.2) is 0 Å². The van der Waals surface area contributed by atoms with Gasteiger partial charge in [-0.1, -0.05) is 12.1 Å². The van der Waals surface area contributed by atoms with Crippen molar-refractivity contribution in [3.63, 3.8) is 0 Å². The molecule has 0 heterocycles. The van der Waals surface area contributed by atoms with E-state index in [9.17, 15) is 9.59 Å². The van der Waals surface area contributed by atoms with Crippen molar-refractivity contribution in [1.29, 1.82) is 0 Å². The molecule has 0 radical (unpaired) electrons. The quantitative estimate of drug-likeness (QED) is 0.771. The fourth-order valence-corrected chi connectivity index (χ4v) is 2.26. The molecule has 1 unspecified atom stereocenters. The standard InChI is InChI=1S/C19H22N2O4/c1-3-24-17-6-4-5-15(11-17)13(2)21-19(23)14-7-9-16(10-8-14)25-12-18(20)22/h4-11,13H,3,12H2,1-2H3,(H2,20,22)(H,21,23). The molecule has 2 amide bonds. The van der Waals surface area contributed by atoms with E-state index in [2.05, 4.69) is 5.32 Å². The molecule has 3 N–H and O–H groups in total. The molecule has 0 aromatic heterocycles. The van der Waals surface area contributed by atoms with Crippen molar-refractivity contribution >= 4 is 11.8 Å². The van der Waals surface area contributed by atoms with Crippen LogP contribution in [-0.2, 0) is 4.79 Å². The van der Waals surface area contributed by atoms with Crippen molar-refractivity contribution in [3.05, 3.63) is 59.7 Å². The van der Waals surface area contributed by atoms with Gasteiger partial charge >= 0.3 is 0 Å². The van der Waals surface area contributed by atoms with Crippen LogP contribution in [0.2, 0.25) is 0 Å². The molecule has 0 aliphatic carbocycles. The first kappa shape index (κ1) is 18.3. The van der Waals surface area contributed by atoms with Crippen LogP contribution in [0.25, 0.3) is 0 Å². The molecule has 0 aliphatic heterocycles. The van der Waals surface area contributed by atoms with Crippen LogP contribution in [0, 0.1) is 0 Å². The number of amides is 2. The van der Waals surface area contributed by atoms with Crippen molar-refractivity contribution < 1.29 is 19.1 Å². The van der Waals surface area contributed by atoms with Gasteiger partial charge in [0.05, 0.1) is 12.6 Å². The molecular weight excluding hydrogens is 320 g/mol. The van der Waals surface area contributed by atoms with E-state index in [0.29, 0.717) is 17.9 Å². The highest BCUT2D eigenvalue weighted by atomic mass is 16.5. The number of nitrogens with two attached hydrogens (primary N) is 1. The monoisotopic (exact) mass is 342 g/mol. The fourth-order valence-electron chi connectivity index (χ4n) is 2.26. The van der Waals surface area contributed by atoms with Crippen LogP contribution in [0.1, 0.15) is 35.8 Å². The zero-order chi connectivity index (χ0) is 18.2. The van der Waals surface area contributed by atoms with Crippen molar-refractivity contribution in [3.8, 4) is 11.5 Å². The Kier molecular flexibility index (Phi) is 6.39. The number of nitrogens with one attached hydrogen (secondary N) is 1. The highest BCUT2D eigenvalue weighted by molar-refractivity contribution is 5.94. The van der Waals surface area contributed by atoms with Gasteiger partial charge < -0.3 is 20.5 Å². The number of ether oxygens (including phenoxy) is 2. The van der Waals surface area contributed by atoms with Crippen LogP contribution in [0.3, 0.4) is 0 Å². The molecule has 2 aromatic carbocycles. The van der Waals surface area contributed by atoms with Gasteiger partial charge in [0, 0.05) is 5.56 Å². The van der Waals surface area contributed by atoms with Gasteiger partial charge in [-0.05, 0) is 55.8 Å². The first-order chi connectivity index (χ1) is 12.0. The number of benzene rings is 2. The molecule has 6 nitrogen and oxygen atoms in total. The van der Waals surface area contributed by atoms with Gasteiger partial charge in [-0.2, -0.15) is 0 Å². The molecule has 132 valence electrons. The van der Waals surface area contributed by atoms with E-state index in [4.69, 9.17) is 15.2 Å². The van der Waals surface area contributed by atoms with Gasteiger partial charge in [-0.3, -0.25) is 9.59 Å². The molecule has 0 aliphatic rings. The summed E-state index contributed by atoms with van der Waals surface area (Å²) in [4.78, 5) is 23.1. The molecule has 2 aromatic rings. The van der Waals surface area contributed by atoms with Gasteiger partial charge in [0.15, 0.2) is 6.61 Å². The number of rotatable bonds is 8. The van der Waals surface area contributed by atoms with E-state index in [0.717, 1.165) is 11.3 Å². The summed E-state index contributed by atoms with van der Waals surface area (Å²) < 4.78 is 10.6. The topological polar surface area (TPSA) is 90.7 Å². The number of carbonyl (C=O) groups is 2. The summed E-state index contributed by atoms with van der Waals surface area (Å²) in [6.45, 7) is 4.23. The lowest BCUT2D eigenvalue weighted by atomic mass is 10.1. The van der Waals surface area contributed by atoms with Crippen LogP contribution in [-0.4, -0.2) is 25.0 Å². The number of primary amides is 1. The van der Waals surface area contributed by atoms with Crippen molar-refractivity contribution in [2.75, 3.05) is 13.2 Å². The number of hydrogen-bond acceptors (Lipinski definition) is 4. The van der Waals surface area contributed by atoms with Crippen LogP contribution >= 0.6 is 0 Å². The Labute approximate surface area is 146 Å².